The zero-order valence-corrected chi connectivity index (χ0v) is 11.7. The Kier molecular flexibility index (Phi) is 4.16. The third-order valence-corrected chi connectivity index (χ3v) is 4.80. The Hall–Kier alpha value is -1.17. The van der Waals surface area contributed by atoms with Crippen LogP contribution in [0.25, 0.3) is 0 Å². The number of hydrogen-bond donors (Lipinski definition) is 1. The molecule has 1 N–H and O–H groups in total. The molecule has 1 aromatic carbocycles. The fourth-order valence-electron chi connectivity index (χ4n) is 1.62. The zero-order valence-electron chi connectivity index (χ0n) is 10.1. The van der Waals surface area contributed by atoms with Crippen LogP contribution in [0.15, 0.2) is 41.8 Å². The van der Waals surface area contributed by atoms with Crippen LogP contribution in [0.5, 0.6) is 0 Å². The Balaban J connectivity index is 2.02. The minimum absolute atomic E-state index is 0.0328. The molecule has 0 fully saturated rings. The van der Waals surface area contributed by atoms with Gasteiger partial charge in [-0.2, -0.15) is 0 Å². The summed E-state index contributed by atoms with van der Waals surface area (Å²) in [6.45, 7) is 2.29. The molecule has 3 nitrogen and oxygen atoms in total. The molecule has 0 unspecified atom stereocenters. The first kappa shape index (κ1) is 13.3. The second kappa shape index (κ2) is 5.65. The van der Waals surface area contributed by atoms with E-state index in [4.69, 9.17) is 0 Å². The minimum Gasteiger partial charge on any atom is -0.212 e. The second-order valence-electron chi connectivity index (χ2n) is 4.09. The summed E-state index contributed by atoms with van der Waals surface area (Å²) in [7, 11) is -3.28. The van der Waals surface area contributed by atoms with Crippen molar-refractivity contribution >= 4 is 21.4 Å². The minimum atomic E-state index is -3.28. The van der Waals surface area contributed by atoms with Crippen molar-refractivity contribution in [1.29, 1.82) is 0 Å². The molecular weight excluding hydrogens is 266 g/mol. The van der Waals surface area contributed by atoms with E-state index >= 15 is 0 Å². The van der Waals surface area contributed by atoms with E-state index in [1.807, 2.05) is 48.7 Å². The fourth-order valence-corrected chi connectivity index (χ4v) is 3.57. The van der Waals surface area contributed by atoms with Crippen LogP contribution in [-0.4, -0.2) is 8.42 Å². The number of nitrogens with one attached hydrogen (secondary N) is 1. The molecule has 0 spiro atoms. The number of sulfonamides is 1. The molecule has 0 amide bonds. The van der Waals surface area contributed by atoms with E-state index in [1.54, 1.807) is 11.3 Å². The molecule has 0 aliphatic carbocycles. The van der Waals surface area contributed by atoms with E-state index in [0.717, 1.165) is 16.0 Å². The molecule has 1 heterocycles. The van der Waals surface area contributed by atoms with Gasteiger partial charge in [-0.3, -0.25) is 0 Å². The summed E-state index contributed by atoms with van der Waals surface area (Å²) in [6.07, 6.45) is 0. The number of thiophene rings is 1. The lowest BCUT2D eigenvalue weighted by atomic mass is 10.1. The van der Waals surface area contributed by atoms with Crippen molar-refractivity contribution in [2.75, 3.05) is 0 Å². The summed E-state index contributed by atoms with van der Waals surface area (Å²) >= 11 is 1.55. The Bertz CT molecular complexity index is 604. The van der Waals surface area contributed by atoms with Crippen LogP contribution >= 0.6 is 11.3 Å². The van der Waals surface area contributed by atoms with E-state index in [0.29, 0.717) is 6.54 Å². The summed E-state index contributed by atoms with van der Waals surface area (Å²) in [5, 5.41) is 1.94. The van der Waals surface area contributed by atoms with Gasteiger partial charge in [0.25, 0.3) is 0 Å². The van der Waals surface area contributed by atoms with Gasteiger partial charge in [0.05, 0.1) is 5.75 Å². The third kappa shape index (κ3) is 3.66. The average Bonchev–Trinajstić information content (AvgIpc) is 2.83. The predicted molar refractivity (Wildman–Crippen MR) is 75.0 cm³/mol. The van der Waals surface area contributed by atoms with Gasteiger partial charge < -0.3 is 0 Å². The van der Waals surface area contributed by atoms with Crippen LogP contribution < -0.4 is 4.72 Å². The lowest BCUT2D eigenvalue weighted by Gasteiger charge is -2.07. The topological polar surface area (TPSA) is 46.2 Å². The van der Waals surface area contributed by atoms with Crippen molar-refractivity contribution in [2.24, 2.45) is 0 Å². The van der Waals surface area contributed by atoms with Gasteiger partial charge in [0.15, 0.2) is 0 Å². The first-order valence-corrected chi connectivity index (χ1v) is 8.14. The number of benzene rings is 1. The highest BCUT2D eigenvalue weighted by Gasteiger charge is 2.12. The van der Waals surface area contributed by atoms with Crippen molar-refractivity contribution in [1.82, 2.24) is 4.72 Å². The summed E-state index contributed by atoms with van der Waals surface area (Å²) in [5.74, 6) is 0.0328. The Morgan fingerprint density at radius 2 is 1.94 bits per heavy atom. The van der Waals surface area contributed by atoms with Crippen molar-refractivity contribution in [2.45, 2.75) is 19.2 Å². The summed E-state index contributed by atoms with van der Waals surface area (Å²) in [5.41, 5.74) is 1.84. The molecule has 96 valence electrons. The molecule has 0 aliphatic heterocycles. The molecule has 0 radical (unpaired) electrons. The Labute approximate surface area is 112 Å². The van der Waals surface area contributed by atoms with Crippen LogP contribution in [0.4, 0.5) is 0 Å². The van der Waals surface area contributed by atoms with Crippen LogP contribution in [0.2, 0.25) is 0 Å². The maximum absolute atomic E-state index is 11.9. The van der Waals surface area contributed by atoms with Crippen LogP contribution in [0, 0.1) is 6.92 Å². The SMILES string of the molecule is Cc1ccccc1CS(=O)(=O)NCc1cccs1. The van der Waals surface area contributed by atoms with Gasteiger partial charge in [-0.25, -0.2) is 13.1 Å². The zero-order chi connectivity index (χ0) is 13.0. The maximum Gasteiger partial charge on any atom is 0.216 e. The van der Waals surface area contributed by atoms with Crippen molar-refractivity contribution in [3.05, 3.63) is 57.8 Å². The average molecular weight is 281 g/mol. The van der Waals surface area contributed by atoms with Gasteiger partial charge in [0, 0.05) is 11.4 Å². The molecule has 2 rings (SSSR count). The fraction of sp³-hybridized carbons (Fsp3) is 0.231. The summed E-state index contributed by atoms with van der Waals surface area (Å²) in [4.78, 5) is 1.02. The van der Waals surface area contributed by atoms with E-state index in [9.17, 15) is 8.42 Å². The first-order valence-electron chi connectivity index (χ1n) is 5.61. The number of aryl methyl sites for hydroxylation is 1. The van der Waals surface area contributed by atoms with Gasteiger partial charge in [-0.15, -0.1) is 11.3 Å². The van der Waals surface area contributed by atoms with E-state index in [1.165, 1.54) is 0 Å². The third-order valence-electron chi connectivity index (χ3n) is 2.65. The number of hydrogen-bond acceptors (Lipinski definition) is 3. The molecule has 0 saturated carbocycles. The Morgan fingerprint density at radius 3 is 2.61 bits per heavy atom. The van der Waals surface area contributed by atoms with Crippen LogP contribution in [0.1, 0.15) is 16.0 Å². The van der Waals surface area contributed by atoms with Crippen LogP contribution in [-0.2, 0) is 22.3 Å². The highest BCUT2D eigenvalue weighted by atomic mass is 32.2. The van der Waals surface area contributed by atoms with Gasteiger partial charge in [-0.1, -0.05) is 30.3 Å². The molecule has 0 bridgehead atoms. The maximum atomic E-state index is 11.9. The lowest BCUT2D eigenvalue weighted by Crippen LogP contribution is -2.24. The number of rotatable bonds is 5. The Morgan fingerprint density at radius 1 is 1.17 bits per heavy atom. The first-order chi connectivity index (χ1) is 8.57. The molecule has 5 heteroatoms. The highest BCUT2D eigenvalue weighted by molar-refractivity contribution is 7.88. The van der Waals surface area contributed by atoms with Crippen molar-refractivity contribution < 1.29 is 8.42 Å². The van der Waals surface area contributed by atoms with Crippen molar-refractivity contribution in [3.63, 3.8) is 0 Å². The molecule has 0 saturated heterocycles. The van der Waals surface area contributed by atoms with E-state index in [2.05, 4.69) is 4.72 Å². The molecular formula is C13H15NO2S2. The second-order valence-corrected chi connectivity index (χ2v) is 6.93. The van der Waals surface area contributed by atoms with Gasteiger partial charge in [0.2, 0.25) is 10.0 Å². The van der Waals surface area contributed by atoms with E-state index in [-0.39, 0.29) is 5.75 Å². The smallest absolute Gasteiger partial charge is 0.212 e. The summed E-state index contributed by atoms with van der Waals surface area (Å²) in [6, 6.07) is 11.4. The molecule has 0 aliphatic rings. The predicted octanol–water partition coefficient (Wildman–Crippen LogP) is 2.68. The van der Waals surface area contributed by atoms with Gasteiger partial charge >= 0.3 is 0 Å². The van der Waals surface area contributed by atoms with Crippen molar-refractivity contribution in [3.8, 4) is 0 Å². The monoisotopic (exact) mass is 281 g/mol. The highest BCUT2D eigenvalue weighted by Crippen LogP contribution is 2.12. The largest absolute Gasteiger partial charge is 0.216 e. The normalized spacial score (nSPS) is 11.6. The summed E-state index contributed by atoms with van der Waals surface area (Å²) < 4.78 is 26.5. The van der Waals surface area contributed by atoms with Gasteiger partial charge in [0.1, 0.15) is 0 Å². The molecule has 2 aromatic rings. The van der Waals surface area contributed by atoms with Crippen LogP contribution in [0.3, 0.4) is 0 Å². The molecule has 18 heavy (non-hydrogen) atoms. The quantitative estimate of drug-likeness (QED) is 0.916. The molecule has 1 aromatic heterocycles. The molecule has 0 atom stereocenters. The van der Waals surface area contributed by atoms with E-state index < -0.39 is 10.0 Å². The lowest BCUT2D eigenvalue weighted by molar-refractivity contribution is 0.581. The van der Waals surface area contributed by atoms with Gasteiger partial charge in [-0.05, 0) is 29.5 Å². The standard InChI is InChI=1S/C13H15NO2S2/c1-11-5-2-3-6-12(11)10-18(15,16)14-9-13-7-4-8-17-13/h2-8,14H,9-10H2,1H3.